The predicted molar refractivity (Wildman–Crippen MR) is 104 cm³/mol. The summed E-state index contributed by atoms with van der Waals surface area (Å²) in [6, 6.07) is 33.3. The lowest BCUT2D eigenvalue weighted by molar-refractivity contribution is 1.53. The molecule has 0 fully saturated rings. The van der Waals surface area contributed by atoms with Crippen molar-refractivity contribution in [1.29, 1.82) is 0 Å². The minimum Gasteiger partial charge on any atom is -0.0620 e. The summed E-state index contributed by atoms with van der Waals surface area (Å²) in [6.07, 6.45) is 1.21. The predicted octanol–water partition coefficient (Wildman–Crippen LogP) is 4.59. The fourth-order valence-corrected chi connectivity index (χ4v) is 11.1. The maximum Gasteiger partial charge on any atom is 0.127 e. The monoisotopic (exact) mass is 323 g/mol. The highest BCUT2D eigenvalue weighted by Crippen LogP contribution is 2.70. The summed E-state index contributed by atoms with van der Waals surface area (Å²) in [7, 11) is 0.920. The fourth-order valence-electron chi connectivity index (χ4n) is 2.91. The average molecular weight is 323 g/mol. The van der Waals surface area contributed by atoms with Crippen LogP contribution in [0.5, 0.6) is 0 Å². The van der Waals surface area contributed by atoms with Gasteiger partial charge in [-0.25, -0.2) is 0 Å². The smallest absolute Gasteiger partial charge is 0.0620 e. The minimum absolute atomic E-state index is 0.920. The summed E-state index contributed by atoms with van der Waals surface area (Å²) in [5.41, 5.74) is 0. The van der Waals surface area contributed by atoms with Crippen LogP contribution in [0.1, 0.15) is 6.92 Å². The Morgan fingerprint density at radius 3 is 1.18 bits per heavy atom. The van der Waals surface area contributed by atoms with E-state index in [0.29, 0.717) is 0 Å². The average Bonchev–Trinajstić information content (AvgIpc) is 2.62. The molecule has 0 aromatic heterocycles. The Kier molecular flexibility index (Phi) is 5.04. The van der Waals surface area contributed by atoms with Crippen molar-refractivity contribution in [3.63, 3.8) is 0 Å². The van der Waals surface area contributed by atoms with E-state index in [-0.39, 0.29) is 0 Å². The normalized spacial score (nSPS) is 11.9. The van der Waals surface area contributed by atoms with Crippen molar-refractivity contribution >= 4 is 31.1 Å². The molecular formula is C20H21P2+. The van der Waals surface area contributed by atoms with Crippen LogP contribution in [-0.4, -0.2) is 6.16 Å². The Morgan fingerprint density at radius 1 is 0.591 bits per heavy atom. The van der Waals surface area contributed by atoms with E-state index >= 15 is 0 Å². The third-order valence-electron chi connectivity index (χ3n) is 3.83. The van der Waals surface area contributed by atoms with E-state index in [1.165, 1.54) is 22.1 Å². The molecular weight excluding hydrogens is 302 g/mol. The van der Waals surface area contributed by atoms with Crippen molar-refractivity contribution in [3.05, 3.63) is 91.0 Å². The van der Waals surface area contributed by atoms with Crippen LogP contribution in [-0.2, 0) is 0 Å². The van der Waals surface area contributed by atoms with E-state index in [9.17, 15) is 0 Å². The lowest BCUT2D eigenvalue weighted by atomic mass is 10.4. The molecule has 0 N–H and O–H groups in total. The first-order valence-electron chi connectivity index (χ1n) is 7.69. The van der Waals surface area contributed by atoms with Gasteiger partial charge < -0.3 is 0 Å². The molecule has 0 amide bonds. The Hall–Kier alpha value is -1.48. The van der Waals surface area contributed by atoms with E-state index in [2.05, 4.69) is 97.9 Å². The lowest BCUT2D eigenvalue weighted by Crippen LogP contribution is -2.28. The van der Waals surface area contributed by atoms with Gasteiger partial charge in [0.1, 0.15) is 22.9 Å². The molecule has 0 nitrogen and oxygen atoms in total. The molecule has 0 saturated heterocycles. The van der Waals surface area contributed by atoms with Crippen molar-refractivity contribution in [1.82, 2.24) is 0 Å². The summed E-state index contributed by atoms with van der Waals surface area (Å²) in [5, 5.41) is 4.48. The largest absolute Gasteiger partial charge is 0.127 e. The van der Waals surface area contributed by atoms with Gasteiger partial charge in [0, 0.05) is 0 Å². The molecule has 0 aliphatic carbocycles. The maximum atomic E-state index is 2.32. The molecule has 0 spiro atoms. The maximum absolute atomic E-state index is 2.32. The van der Waals surface area contributed by atoms with Crippen LogP contribution in [0.25, 0.3) is 0 Å². The first-order chi connectivity index (χ1) is 10.9. The molecule has 3 aromatic carbocycles. The molecule has 3 aromatic rings. The topological polar surface area (TPSA) is 0 Å². The zero-order valence-corrected chi connectivity index (χ0v) is 14.7. The zero-order valence-electron chi connectivity index (χ0n) is 12.8. The van der Waals surface area contributed by atoms with Crippen LogP contribution in [0, 0.1) is 0 Å². The van der Waals surface area contributed by atoms with Crippen LogP contribution in [0.4, 0.5) is 0 Å². The summed E-state index contributed by atoms with van der Waals surface area (Å²) < 4.78 is 0. The molecule has 110 valence electrons. The van der Waals surface area contributed by atoms with Crippen LogP contribution in [0.15, 0.2) is 91.0 Å². The summed E-state index contributed by atoms with van der Waals surface area (Å²) in [5.74, 6) is 0. The van der Waals surface area contributed by atoms with E-state index < -0.39 is 6.95 Å². The Bertz CT molecular complexity index is 597. The Balaban J connectivity index is 2.29. The highest BCUT2D eigenvalue weighted by Gasteiger charge is 2.44. The molecule has 1 atom stereocenters. The molecule has 0 saturated carbocycles. The highest BCUT2D eigenvalue weighted by atomic mass is 32.1. The fraction of sp³-hybridized carbons (Fsp3) is 0.100. The standard InChI is InChI=1S/C20H21P2/c1-2-21-22(18-12-6-3-7-13-18,19-14-8-4-9-15-19)20-16-10-5-11-17-20/h3-17,21H,2H2,1H3/q+1. The van der Waals surface area contributed by atoms with Crippen molar-refractivity contribution in [2.24, 2.45) is 0 Å². The number of hydrogen-bond acceptors (Lipinski definition) is 0. The van der Waals surface area contributed by atoms with Crippen molar-refractivity contribution in [2.75, 3.05) is 6.16 Å². The minimum atomic E-state index is -1.53. The highest BCUT2D eigenvalue weighted by molar-refractivity contribution is 8.42. The van der Waals surface area contributed by atoms with Gasteiger partial charge in [0.05, 0.1) is 8.27 Å². The third kappa shape index (κ3) is 2.87. The molecule has 0 heterocycles. The van der Waals surface area contributed by atoms with E-state index in [4.69, 9.17) is 0 Å². The summed E-state index contributed by atoms with van der Waals surface area (Å²) in [6.45, 7) is 0.782. The van der Waals surface area contributed by atoms with Crippen LogP contribution in [0.3, 0.4) is 0 Å². The van der Waals surface area contributed by atoms with Gasteiger partial charge in [-0.05, 0) is 42.6 Å². The van der Waals surface area contributed by atoms with Gasteiger partial charge in [0.25, 0.3) is 0 Å². The Labute approximate surface area is 135 Å². The number of hydrogen-bond donors (Lipinski definition) is 0. The molecule has 0 radical (unpaired) electrons. The van der Waals surface area contributed by atoms with Gasteiger partial charge >= 0.3 is 0 Å². The second-order valence-corrected chi connectivity index (χ2v) is 12.1. The van der Waals surface area contributed by atoms with Crippen molar-refractivity contribution in [3.8, 4) is 0 Å². The van der Waals surface area contributed by atoms with Gasteiger partial charge in [0.15, 0.2) is 0 Å². The van der Waals surface area contributed by atoms with E-state index in [0.717, 1.165) is 8.27 Å². The molecule has 0 aliphatic rings. The third-order valence-corrected chi connectivity index (χ3v) is 12.5. The van der Waals surface area contributed by atoms with Crippen LogP contribution in [0.2, 0.25) is 0 Å². The Morgan fingerprint density at radius 2 is 0.909 bits per heavy atom. The molecule has 2 heteroatoms. The van der Waals surface area contributed by atoms with Crippen molar-refractivity contribution < 1.29 is 0 Å². The quantitative estimate of drug-likeness (QED) is 0.602. The summed E-state index contributed by atoms with van der Waals surface area (Å²) >= 11 is 0. The molecule has 0 bridgehead atoms. The molecule has 22 heavy (non-hydrogen) atoms. The van der Waals surface area contributed by atoms with Crippen molar-refractivity contribution in [2.45, 2.75) is 6.92 Å². The second-order valence-electron chi connectivity index (χ2n) is 5.19. The SMILES string of the molecule is CCP[P+](c1ccccc1)(c1ccccc1)c1ccccc1. The molecule has 1 unspecified atom stereocenters. The van der Waals surface area contributed by atoms with Gasteiger partial charge in [-0.15, -0.1) is 0 Å². The number of rotatable bonds is 5. The van der Waals surface area contributed by atoms with Gasteiger partial charge in [0.2, 0.25) is 0 Å². The van der Waals surface area contributed by atoms with E-state index in [1.54, 1.807) is 0 Å². The number of benzene rings is 3. The van der Waals surface area contributed by atoms with E-state index in [1.807, 2.05) is 0 Å². The van der Waals surface area contributed by atoms with Gasteiger partial charge in [-0.1, -0.05) is 61.5 Å². The van der Waals surface area contributed by atoms with Crippen LogP contribution < -0.4 is 15.9 Å². The first kappa shape index (κ1) is 15.4. The zero-order chi connectivity index (χ0) is 15.3. The van der Waals surface area contributed by atoms with Gasteiger partial charge in [-0.3, -0.25) is 0 Å². The van der Waals surface area contributed by atoms with Crippen LogP contribution >= 0.6 is 15.2 Å². The summed E-state index contributed by atoms with van der Waals surface area (Å²) in [4.78, 5) is 0. The second kappa shape index (κ2) is 7.19. The van der Waals surface area contributed by atoms with Gasteiger partial charge in [-0.2, -0.15) is 0 Å². The molecule has 0 aliphatic heterocycles. The lowest BCUT2D eigenvalue weighted by Gasteiger charge is -2.26. The molecule has 3 rings (SSSR count). The first-order valence-corrected chi connectivity index (χ1v) is 11.5.